The van der Waals surface area contributed by atoms with Crippen molar-refractivity contribution < 1.29 is 13.5 Å². The molecular weight excluding hydrogens is 242 g/mol. The lowest BCUT2D eigenvalue weighted by atomic mass is 10.1. The summed E-state index contributed by atoms with van der Waals surface area (Å²) in [6.07, 6.45) is 0. The Morgan fingerprint density at radius 3 is 2.89 bits per heavy atom. The topological polar surface area (TPSA) is 55.0 Å². The van der Waals surface area contributed by atoms with Crippen LogP contribution in [0.15, 0.2) is 29.1 Å². The summed E-state index contributed by atoms with van der Waals surface area (Å²) in [4.78, 5) is 17.8. The quantitative estimate of drug-likeness (QED) is 0.907. The molecule has 0 amide bonds. The zero-order chi connectivity index (χ0) is 13.1. The van der Waals surface area contributed by atoms with Crippen LogP contribution < -0.4 is 5.56 Å². The number of aromatic nitrogens is 2. The Bertz CT molecular complexity index is 626. The lowest BCUT2D eigenvalue weighted by molar-refractivity contribution is 0.177. The predicted molar refractivity (Wildman–Crippen MR) is 60.9 cm³/mol. The molecule has 6 heteroatoms. The number of halogens is 2. The van der Waals surface area contributed by atoms with Crippen LogP contribution in [0.3, 0.4) is 0 Å². The zero-order valence-corrected chi connectivity index (χ0v) is 9.54. The Morgan fingerprint density at radius 2 is 2.17 bits per heavy atom. The van der Waals surface area contributed by atoms with Gasteiger partial charge in [-0.2, -0.15) is 0 Å². The Morgan fingerprint density at radius 1 is 1.39 bits per heavy atom. The molecule has 0 atom stereocenters. The normalized spacial score (nSPS) is 10.6. The van der Waals surface area contributed by atoms with Crippen LogP contribution in [0.25, 0.3) is 11.3 Å². The van der Waals surface area contributed by atoms with E-state index >= 15 is 0 Å². The number of ether oxygens (including phenoxy) is 1. The molecule has 0 aliphatic carbocycles. The average molecular weight is 252 g/mol. The van der Waals surface area contributed by atoms with Gasteiger partial charge in [-0.1, -0.05) is 6.07 Å². The van der Waals surface area contributed by atoms with Crippen molar-refractivity contribution in [3.05, 3.63) is 52.1 Å². The van der Waals surface area contributed by atoms with Crippen molar-refractivity contribution in [3.63, 3.8) is 0 Å². The van der Waals surface area contributed by atoms with Crippen LogP contribution in [-0.2, 0) is 11.3 Å². The van der Waals surface area contributed by atoms with Gasteiger partial charge >= 0.3 is 0 Å². The highest BCUT2D eigenvalue weighted by Crippen LogP contribution is 2.21. The van der Waals surface area contributed by atoms with Crippen molar-refractivity contribution in [2.24, 2.45) is 0 Å². The lowest BCUT2D eigenvalue weighted by Crippen LogP contribution is -2.12. The van der Waals surface area contributed by atoms with E-state index in [9.17, 15) is 13.6 Å². The van der Waals surface area contributed by atoms with Crippen LogP contribution in [0.2, 0.25) is 0 Å². The monoisotopic (exact) mass is 252 g/mol. The van der Waals surface area contributed by atoms with Gasteiger partial charge in [-0.15, -0.1) is 0 Å². The molecule has 0 bridgehead atoms. The molecule has 0 aliphatic rings. The van der Waals surface area contributed by atoms with E-state index in [1.54, 1.807) is 0 Å². The standard InChI is InChI=1S/C12H10F2N2O2/c1-18-6-10-15-9(5-11(17)16-10)7-3-2-4-8(13)12(7)14/h2-5H,6H2,1H3,(H,15,16,17). The summed E-state index contributed by atoms with van der Waals surface area (Å²) >= 11 is 0. The number of methoxy groups -OCH3 is 1. The van der Waals surface area contributed by atoms with Gasteiger partial charge in [0.2, 0.25) is 0 Å². The van der Waals surface area contributed by atoms with Crippen molar-refractivity contribution >= 4 is 0 Å². The van der Waals surface area contributed by atoms with Crippen LogP contribution in [0.5, 0.6) is 0 Å². The second-order valence-corrected chi connectivity index (χ2v) is 3.61. The van der Waals surface area contributed by atoms with Gasteiger partial charge < -0.3 is 9.72 Å². The number of rotatable bonds is 3. The van der Waals surface area contributed by atoms with Gasteiger partial charge in [0, 0.05) is 18.7 Å². The van der Waals surface area contributed by atoms with Gasteiger partial charge in [0.05, 0.1) is 5.69 Å². The second kappa shape index (κ2) is 5.05. The molecule has 4 nitrogen and oxygen atoms in total. The zero-order valence-electron chi connectivity index (χ0n) is 9.54. The summed E-state index contributed by atoms with van der Waals surface area (Å²) in [5, 5.41) is 0. The minimum Gasteiger partial charge on any atom is -0.377 e. The number of nitrogens with zero attached hydrogens (tertiary/aromatic N) is 1. The highest BCUT2D eigenvalue weighted by Gasteiger charge is 2.12. The molecule has 2 rings (SSSR count). The highest BCUT2D eigenvalue weighted by molar-refractivity contribution is 5.59. The lowest BCUT2D eigenvalue weighted by Gasteiger charge is -2.05. The largest absolute Gasteiger partial charge is 0.377 e. The van der Waals surface area contributed by atoms with E-state index in [1.165, 1.54) is 19.2 Å². The molecule has 18 heavy (non-hydrogen) atoms. The van der Waals surface area contributed by atoms with Gasteiger partial charge in [-0.25, -0.2) is 13.8 Å². The van der Waals surface area contributed by atoms with Gasteiger partial charge in [0.1, 0.15) is 12.4 Å². The summed E-state index contributed by atoms with van der Waals surface area (Å²) < 4.78 is 31.5. The van der Waals surface area contributed by atoms with E-state index < -0.39 is 17.2 Å². The smallest absolute Gasteiger partial charge is 0.251 e. The molecule has 1 heterocycles. The summed E-state index contributed by atoms with van der Waals surface area (Å²) in [7, 11) is 1.44. The molecule has 0 spiro atoms. The molecule has 0 fully saturated rings. The first-order chi connectivity index (χ1) is 8.61. The first-order valence-corrected chi connectivity index (χ1v) is 5.15. The molecule has 1 aromatic carbocycles. The number of H-pyrrole nitrogens is 1. The third-order valence-electron chi connectivity index (χ3n) is 2.30. The summed E-state index contributed by atoms with van der Waals surface area (Å²) in [5.41, 5.74) is -0.433. The van der Waals surface area contributed by atoms with Crippen LogP contribution in [-0.4, -0.2) is 17.1 Å². The van der Waals surface area contributed by atoms with E-state index in [4.69, 9.17) is 4.74 Å². The SMILES string of the molecule is COCc1nc(-c2cccc(F)c2F)cc(=O)[nH]1. The van der Waals surface area contributed by atoms with Crippen LogP contribution in [0.4, 0.5) is 8.78 Å². The van der Waals surface area contributed by atoms with Crippen molar-refractivity contribution in [2.75, 3.05) is 7.11 Å². The summed E-state index contributed by atoms with van der Waals surface area (Å²) in [5.74, 6) is -1.76. The molecule has 1 aromatic heterocycles. The molecule has 0 saturated carbocycles. The van der Waals surface area contributed by atoms with Gasteiger partial charge in [0.15, 0.2) is 11.6 Å². The molecule has 94 valence electrons. The Balaban J connectivity index is 2.56. The second-order valence-electron chi connectivity index (χ2n) is 3.61. The van der Waals surface area contributed by atoms with Gasteiger partial charge in [-0.3, -0.25) is 4.79 Å². The summed E-state index contributed by atoms with van der Waals surface area (Å²) in [6, 6.07) is 4.82. The van der Waals surface area contributed by atoms with Crippen molar-refractivity contribution in [1.29, 1.82) is 0 Å². The van der Waals surface area contributed by atoms with Crippen molar-refractivity contribution in [3.8, 4) is 11.3 Å². The first-order valence-electron chi connectivity index (χ1n) is 5.15. The maximum atomic E-state index is 13.6. The first kappa shape index (κ1) is 12.4. The molecular formula is C12H10F2N2O2. The molecule has 0 radical (unpaired) electrons. The fourth-order valence-corrected chi connectivity index (χ4v) is 1.55. The van der Waals surface area contributed by atoms with Crippen molar-refractivity contribution in [2.45, 2.75) is 6.61 Å². The Kier molecular flexibility index (Phi) is 3.47. The van der Waals surface area contributed by atoms with E-state index in [0.29, 0.717) is 0 Å². The van der Waals surface area contributed by atoms with Crippen LogP contribution >= 0.6 is 0 Å². The number of benzene rings is 1. The predicted octanol–water partition coefficient (Wildman–Crippen LogP) is 1.86. The Hall–Kier alpha value is -2.08. The fraction of sp³-hybridized carbons (Fsp3) is 0.167. The molecule has 0 saturated heterocycles. The van der Waals surface area contributed by atoms with E-state index in [0.717, 1.165) is 12.1 Å². The van der Waals surface area contributed by atoms with Crippen molar-refractivity contribution in [1.82, 2.24) is 9.97 Å². The van der Waals surface area contributed by atoms with Crippen LogP contribution in [0, 0.1) is 11.6 Å². The number of aromatic amines is 1. The summed E-state index contributed by atoms with van der Waals surface area (Å²) in [6.45, 7) is 0.0833. The minimum absolute atomic E-state index is 0.0570. The van der Waals surface area contributed by atoms with Gasteiger partial charge in [0.25, 0.3) is 5.56 Å². The fourth-order valence-electron chi connectivity index (χ4n) is 1.55. The molecule has 0 unspecified atom stereocenters. The highest BCUT2D eigenvalue weighted by atomic mass is 19.2. The number of hydrogen-bond acceptors (Lipinski definition) is 3. The van der Waals surface area contributed by atoms with Crippen LogP contribution in [0.1, 0.15) is 5.82 Å². The minimum atomic E-state index is -1.03. The van der Waals surface area contributed by atoms with E-state index in [2.05, 4.69) is 9.97 Å². The molecule has 2 aromatic rings. The van der Waals surface area contributed by atoms with Gasteiger partial charge in [-0.05, 0) is 12.1 Å². The Labute approximate surface area is 101 Å². The molecule has 0 aliphatic heterocycles. The number of nitrogens with one attached hydrogen (secondary N) is 1. The van der Waals surface area contributed by atoms with E-state index in [-0.39, 0.29) is 23.7 Å². The maximum Gasteiger partial charge on any atom is 0.251 e. The molecule has 1 N–H and O–H groups in total. The third-order valence-corrected chi connectivity index (χ3v) is 2.30. The average Bonchev–Trinajstić information content (AvgIpc) is 2.32. The maximum absolute atomic E-state index is 13.6. The third kappa shape index (κ3) is 2.43. The van der Waals surface area contributed by atoms with E-state index in [1.807, 2.05) is 0 Å². The number of hydrogen-bond donors (Lipinski definition) is 1.